The van der Waals surface area contributed by atoms with Gasteiger partial charge in [-0.25, -0.2) is 0 Å². The van der Waals surface area contributed by atoms with Crippen LogP contribution in [0.4, 0.5) is 0 Å². The average molecular weight is 453 g/mol. The second kappa shape index (κ2) is 9.62. The third kappa shape index (κ3) is 4.13. The molecule has 0 spiro atoms. The minimum Gasteiger partial charge on any atom is -0.497 e. The van der Waals surface area contributed by atoms with Crippen molar-refractivity contribution in [1.29, 1.82) is 0 Å². The van der Waals surface area contributed by atoms with Crippen LogP contribution in [-0.4, -0.2) is 20.5 Å². The normalized spacial score (nSPS) is 16.2. The van der Waals surface area contributed by atoms with E-state index in [0.29, 0.717) is 0 Å². The van der Waals surface area contributed by atoms with Crippen molar-refractivity contribution in [3.8, 4) is 17.2 Å². The molecule has 1 aliphatic rings. The molecule has 34 heavy (non-hydrogen) atoms. The van der Waals surface area contributed by atoms with Crippen molar-refractivity contribution in [3.63, 3.8) is 0 Å². The van der Waals surface area contributed by atoms with Crippen molar-refractivity contribution < 1.29 is 18.9 Å². The number of benzene rings is 4. The number of methoxy groups -OCH3 is 2. The lowest BCUT2D eigenvalue weighted by atomic mass is 9.79. The van der Waals surface area contributed by atoms with Crippen LogP contribution in [0.3, 0.4) is 0 Å². The number of fused-ring (bicyclic) bond motifs is 1. The highest BCUT2D eigenvalue weighted by Gasteiger charge is 2.45. The van der Waals surface area contributed by atoms with Crippen molar-refractivity contribution in [2.75, 3.05) is 14.2 Å². The van der Waals surface area contributed by atoms with E-state index in [1.807, 2.05) is 48.5 Å². The smallest absolute Gasteiger partial charge is 0.201 e. The fourth-order valence-corrected chi connectivity index (χ4v) is 4.60. The van der Waals surface area contributed by atoms with Gasteiger partial charge in [-0.15, -0.1) is 0 Å². The van der Waals surface area contributed by atoms with Gasteiger partial charge in [-0.05, 0) is 53.4 Å². The highest BCUT2D eigenvalue weighted by molar-refractivity contribution is 5.55. The number of rotatable bonds is 7. The van der Waals surface area contributed by atoms with Crippen molar-refractivity contribution >= 4 is 0 Å². The first-order valence-corrected chi connectivity index (χ1v) is 11.5. The Morgan fingerprint density at radius 2 is 1.24 bits per heavy atom. The molecule has 0 aliphatic carbocycles. The molecule has 0 radical (unpaired) electrons. The SMILES string of the molecule is COc1ccc(C2(c3ccc(OC)cc3)OC(CCc3ccccc3)Oc3ccccc32)cc1. The summed E-state index contributed by atoms with van der Waals surface area (Å²) in [5.74, 6) is 2.43. The van der Waals surface area contributed by atoms with E-state index in [1.165, 1.54) is 5.56 Å². The first-order chi connectivity index (χ1) is 16.7. The molecule has 0 saturated heterocycles. The summed E-state index contributed by atoms with van der Waals surface area (Å²) in [6.45, 7) is 0. The molecule has 5 rings (SSSR count). The van der Waals surface area contributed by atoms with Crippen LogP contribution in [0.2, 0.25) is 0 Å². The second-order valence-corrected chi connectivity index (χ2v) is 8.32. The monoisotopic (exact) mass is 452 g/mol. The molecule has 1 heterocycles. The average Bonchev–Trinajstić information content (AvgIpc) is 2.92. The summed E-state index contributed by atoms with van der Waals surface area (Å²) in [5, 5.41) is 0. The molecule has 0 aromatic heterocycles. The second-order valence-electron chi connectivity index (χ2n) is 8.32. The van der Waals surface area contributed by atoms with Crippen LogP contribution >= 0.6 is 0 Å². The van der Waals surface area contributed by atoms with Gasteiger partial charge in [-0.3, -0.25) is 0 Å². The summed E-state index contributed by atoms with van der Waals surface area (Å²) < 4.78 is 24.2. The van der Waals surface area contributed by atoms with E-state index in [9.17, 15) is 0 Å². The van der Waals surface area contributed by atoms with Gasteiger partial charge in [0.25, 0.3) is 0 Å². The van der Waals surface area contributed by atoms with Crippen LogP contribution < -0.4 is 14.2 Å². The predicted molar refractivity (Wildman–Crippen MR) is 133 cm³/mol. The minimum absolute atomic E-state index is 0.417. The number of para-hydroxylation sites is 1. The van der Waals surface area contributed by atoms with Gasteiger partial charge in [0, 0.05) is 12.0 Å². The number of hydrogen-bond donors (Lipinski definition) is 0. The molecule has 0 amide bonds. The van der Waals surface area contributed by atoms with E-state index >= 15 is 0 Å². The Bertz CT molecular complexity index is 1170. The van der Waals surface area contributed by atoms with E-state index in [0.717, 1.165) is 46.8 Å². The maximum absolute atomic E-state index is 6.94. The summed E-state index contributed by atoms with van der Waals surface area (Å²) in [7, 11) is 3.35. The van der Waals surface area contributed by atoms with Gasteiger partial charge < -0.3 is 18.9 Å². The first-order valence-electron chi connectivity index (χ1n) is 11.5. The van der Waals surface area contributed by atoms with Gasteiger partial charge in [0.1, 0.15) is 17.2 Å². The zero-order valence-corrected chi connectivity index (χ0v) is 19.4. The molecule has 0 N–H and O–H groups in total. The van der Waals surface area contributed by atoms with Gasteiger partial charge in [0.05, 0.1) is 14.2 Å². The molecular weight excluding hydrogens is 424 g/mol. The topological polar surface area (TPSA) is 36.9 Å². The highest BCUT2D eigenvalue weighted by atomic mass is 16.7. The van der Waals surface area contributed by atoms with Crippen molar-refractivity contribution in [3.05, 3.63) is 125 Å². The largest absolute Gasteiger partial charge is 0.497 e. The molecule has 0 saturated carbocycles. The summed E-state index contributed by atoms with van der Waals surface area (Å²) >= 11 is 0. The standard InChI is InChI=1S/C30H28O4/c1-31-25-17-13-23(14-18-25)30(24-15-19-26(32-2)20-16-24)27-10-6-7-11-28(27)33-29(34-30)21-12-22-8-4-3-5-9-22/h3-11,13-20,29H,12,21H2,1-2H3. The van der Waals surface area contributed by atoms with E-state index in [4.69, 9.17) is 18.9 Å². The maximum Gasteiger partial charge on any atom is 0.201 e. The Labute approximate surface area is 200 Å². The quantitative estimate of drug-likeness (QED) is 0.327. The van der Waals surface area contributed by atoms with Crippen molar-refractivity contribution in [1.82, 2.24) is 0 Å². The Hall–Kier alpha value is -3.76. The lowest BCUT2D eigenvalue weighted by Gasteiger charge is -2.43. The van der Waals surface area contributed by atoms with Gasteiger partial charge in [-0.1, -0.05) is 72.8 Å². The fraction of sp³-hybridized carbons (Fsp3) is 0.200. The van der Waals surface area contributed by atoms with Crippen molar-refractivity contribution in [2.45, 2.75) is 24.7 Å². The Morgan fingerprint density at radius 1 is 0.676 bits per heavy atom. The van der Waals surface area contributed by atoms with Crippen LogP contribution in [-0.2, 0) is 16.8 Å². The lowest BCUT2D eigenvalue weighted by molar-refractivity contribution is -0.165. The van der Waals surface area contributed by atoms with E-state index in [2.05, 4.69) is 54.6 Å². The molecule has 0 fully saturated rings. The zero-order valence-electron chi connectivity index (χ0n) is 19.4. The molecule has 4 heteroatoms. The van der Waals surface area contributed by atoms with Crippen LogP contribution in [0.15, 0.2) is 103 Å². The number of aryl methyl sites for hydroxylation is 1. The van der Waals surface area contributed by atoms with Crippen LogP contribution in [0, 0.1) is 0 Å². The summed E-state index contributed by atoms with van der Waals surface area (Å²) in [6.07, 6.45) is 1.17. The fourth-order valence-electron chi connectivity index (χ4n) is 4.60. The van der Waals surface area contributed by atoms with Crippen LogP contribution in [0.5, 0.6) is 17.2 Å². The lowest BCUT2D eigenvalue weighted by Crippen LogP contribution is -2.43. The highest BCUT2D eigenvalue weighted by Crippen LogP contribution is 2.49. The van der Waals surface area contributed by atoms with Crippen molar-refractivity contribution in [2.24, 2.45) is 0 Å². The molecule has 172 valence electrons. The van der Waals surface area contributed by atoms with Crippen LogP contribution in [0.25, 0.3) is 0 Å². The molecule has 4 aromatic carbocycles. The summed E-state index contributed by atoms with van der Waals surface area (Å²) in [6, 6.07) is 34.7. The molecule has 4 aromatic rings. The van der Waals surface area contributed by atoms with E-state index in [1.54, 1.807) is 14.2 Å². The third-order valence-corrected chi connectivity index (χ3v) is 6.34. The van der Waals surface area contributed by atoms with Gasteiger partial charge in [-0.2, -0.15) is 0 Å². The van der Waals surface area contributed by atoms with E-state index in [-0.39, 0.29) is 0 Å². The van der Waals surface area contributed by atoms with E-state index < -0.39 is 11.9 Å². The molecule has 1 unspecified atom stereocenters. The van der Waals surface area contributed by atoms with Gasteiger partial charge >= 0.3 is 0 Å². The van der Waals surface area contributed by atoms with Gasteiger partial charge in [0.15, 0.2) is 5.60 Å². The molecule has 1 aliphatic heterocycles. The molecule has 1 atom stereocenters. The third-order valence-electron chi connectivity index (χ3n) is 6.34. The maximum atomic E-state index is 6.94. The number of hydrogen-bond acceptors (Lipinski definition) is 4. The van der Waals surface area contributed by atoms with Crippen LogP contribution in [0.1, 0.15) is 28.7 Å². The Morgan fingerprint density at radius 3 is 1.82 bits per heavy atom. The molecular formula is C30H28O4. The zero-order chi connectivity index (χ0) is 23.4. The molecule has 4 nitrogen and oxygen atoms in total. The number of ether oxygens (including phenoxy) is 4. The summed E-state index contributed by atoms with van der Waals surface area (Å²) in [4.78, 5) is 0. The summed E-state index contributed by atoms with van der Waals surface area (Å²) in [5.41, 5.74) is 3.42. The van der Waals surface area contributed by atoms with Gasteiger partial charge in [0.2, 0.25) is 6.29 Å². The minimum atomic E-state index is -0.839. The first kappa shape index (κ1) is 22.1. The Balaban J connectivity index is 1.62. The predicted octanol–water partition coefficient (Wildman–Crippen LogP) is 6.36. The Kier molecular flexibility index (Phi) is 6.24. The molecule has 0 bridgehead atoms.